The number of fused-ring (bicyclic) bond motifs is 5. The van der Waals surface area contributed by atoms with Gasteiger partial charge in [0.25, 0.3) is 5.56 Å². The lowest BCUT2D eigenvalue weighted by Crippen LogP contribution is -2.48. The minimum atomic E-state index is -3.69. The normalized spacial score (nSPS) is 20.1. The SMILES string of the molecule is CC[C@@]1(O)C(=O)OCc2c1cc1n(c2=O)Cc2c-1nc1cc(F)c(C)cc1c2CN1CCN(S(=O)(=O)c2ccc(N)cc2)CC1. The van der Waals surface area contributed by atoms with E-state index in [0.29, 0.717) is 47.8 Å². The Hall–Kier alpha value is -4.17. The maximum atomic E-state index is 14.8. The molecule has 0 aliphatic carbocycles. The lowest BCUT2D eigenvalue weighted by Gasteiger charge is -2.34. The monoisotopic (exact) mass is 633 g/mol. The van der Waals surface area contributed by atoms with Gasteiger partial charge in [-0.1, -0.05) is 6.92 Å². The van der Waals surface area contributed by atoms with Crippen molar-refractivity contribution in [2.45, 2.75) is 50.5 Å². The van der Waals surface area contributed by atoms with Crippen LogP contribution in [0, 0.1) is 12.7 Å². The number of halogens is 1. The summed E-state index contributed by atoms with van der Waals surface area (Å²) in [6, 6.07) is 10.9. The molecule has 0 unspecified atom stereocenters. The van der Waals surface area contributed by atoms with Crippen LogP contribution in [0.3, 0.4) is 0 Å². The van der Waals surface area contributed by atoms with Gasteiger partial charge in [0, 0.05) is 61.0 Å². The second-order valence-corrected chi connectivity index (χ2v) is 13.8. The minimum absolute atomic E-state index is 0.0233. The van der Waals surface area contributed by atoms with Crippen LogP contribution < -0.4 is 11.3 Å². The van der Waals surface area contributed by atoms with Gasteiger partial charge < -0.3 is 20.1 Å². The molecule has 13 heteroatoms. The van der Waals surface area contributed by atoms with Gasteiger partial charge in [-0.15, -0.1) is 0 Å². The number of ether oxygens (including phenoxy) is 1. The van der Waals surface area contributed by atoms with Crippen molar-refractivity contribution >= 4 is 32.6 Å². The third kappa shape index (κ3) is 4.56. The molecular weight excluding hydrogens is 601 g/mol. The van der Waals surface area contributed by atoms with E-state index in [4.69, 9.17) is 15.5 Å². The molecule has 234 valence electrons. The number of aromatic nitrogens is 2. The quantitative estimate of drug-likeness (QED) is 0.220. The Balaban J connectivity index is 1.27. The van der Waals surface area contributed by atoms with Crippen molar-refractivity contribution in [2.75, 3.05) is 31.9 Å². The highest BCUT2D eigenvalue weighted by Crippen LogP contribution is 2.41. The number of hydrogen-bond donors (Lipinski definition) is 2. The minimum Gasteiger partial charge on any atom is -0.458 e. The molecule has 45 heavy (non-hydrogen) atoms. The molecule has 2 aromatic heterocycles. The van der Waals surface area contributed by atoms with Crippen molar-refractivity contribution in [1.29, 1.82) is 0 Å². The molecule has 5 heterocycles. The fraction of sp³-hybridized carbons (Fsp3) is 0.344. The zero-order chi connectivity index (χ0) is 31.8. The van der Waals surface area contributed by atoms with Gasteiger partial charge in [0.1, 0.15) is 12.4 Å². The predicted octanol–water partition coefficient (Wildman–Crippen LogP) is 2.62. The fourth-order valence-corrected chi connectivity index (χ4v) is 8.03. The van der Waals surface area contributed by atoms with E-state index in [-0.39, 0.29) is 54.2 Å². The first-order chi connectivity index (χ1) is 21.4. The fourth-order valence-electron chi connectivity index (χ4n) is 6.61. The molecule has 0 amide bonds. The number of cyclic esters (lactones) is 1. The third-order valence-electron chi connectivity index (χ3n) is 9.32. The van der Waals surface area contributed by atoms with E-state index in [1.54, 1.807) is 42.7 Å². The molecule has 1 atom stereocenters. The van der Waals surface area contributed by atoms with Crippen molar-refractivity contribution in [2.24, 2.45) is 0 Å². The second-order valence-electron chi connectivity index (χ2n) is 11.9. The molecule has 0 spiro atoms. The molecule has 1 saturated heterocycles. The van der Waals surface area contributed by atoms with E-state index in [1.807, 2.05) is 0 Å². The van der Waals surface area contributed by atoms with Crippen LogP contribution in [0.25, 0.3) is 22.3 Å². The zero-order valence-corrected chi connectivity index (χ0v) is 25.7. The highest BCUT2D eigenvalue weighted by atomic mass is 32.2. The number of carbonyl (C=O) groups is 1. The molecule has 1 fully saturated rings. The van der Waals surface area contributed by atoms with Gasteiger partial charge in [-0.2, -0.15) is 4.31 Å². The van der Waals surface area contributed by atoms with Crippen LogP contribution >= 0.6 is 0 Å². The molecule has 7 rings (SSSR count). The van der Waals surface area contributed by atoms with Gasteiger partial charge in [0.2, 0.25) is 10.0 Å². The molecule has 3 aliphatic rings. The summed E-state index contributed by atoms with van der Waals surface area (Å²) in [5.74, 6) is -1.21. The second kappa shape index (κ2) is 10.4. The third-order valence-corrected chi connectivity index (χ3v) is 11.2. The topological polar surface area (TPSA) is 148 Å². The van der Waals surface area contributed by atoms with Crippen LogP contribution in [-0.4, -0.2) is 64.4 Å². The van der Waals surface area contributed by atoms with Crippen LogP contribution in [0.1, 0.15) is 41.2 Å². The van der Waals surface area contributed by atoms with Gasteiger partial charge in [-0.25, -0.2) is 22.6 Å². The molecule has 3 N–H and O–H groups in total. The smallest absolute Gasteiger partial charge is 0.343 e. The Morgan fingerprint density at radius 3 is 2.47 bits per heavy atom. The van der Waals surface area contributed by atoms with E-state index in [0.717, 1.165) is 16.5 Å². The molecule has 11 nitrogen and oxygen atoms in total. The standard InChI is InChI=1S/C32H32FN5O6S/c1-3-32(41)25-13-28-29-23(16-38(28)30(39)24(25)17-44-31(32)40)22(21-12-18(2)26(33)14-27(21)35-29)15-36-8-10-37(11-9-36)45(42,43)20-6-4-19(34)5-7-20/h4-7,12-14,41H,3,8-11,15-17,34H2,1-2H3/t32-/m0/s1. The number of sulfonamides is 1. The highest BCUT2D eigenvalue weighted by molar-refractivity contribution is 7.89. The number of hydrogen-bond acceptors (Lipinski definition) is 9. The molecule has 4 aromatic rings. The van der Waals surface area contributed by atoms with E-state index >= 15 is 0 Å². The van der Waals surface area contributed by atoms with Gasteiger partial charge in [0.05, 0.1) is 33.9 Å². The van der Waals surface area contributed by atoms with Crippen molar-refractivity contribution < 1.29 is 27.4 Å². The molecule has 0 bridgehead atoms. The summed E-state index contributed by atoms with van der Waals surface area (Å²) in [5.41, 5.74) is 7.78. The molecule has 3 aliphatic heterocycles. The van der Waals surface area contributed by atoms with E-state index < -0.39 is 27.4 Å². The van der Waals surface area contributed by atoms with Crippen molar-refractivity contribution in [3.63, 3.8) is 0 Å². The number of aliphatic hydroxyl groups is 1. The summed E-state index contributed by atoms with van der Waals surface area (Å²) in [6.07, 6.45) is 0.0233. The number of nitrogen functional groups attached to an aromatic ring is 1. The molecule has 2 aromatic carbocycles. The number of pyridine rings is 2. The average Bonchev–Trinajstić information content (AvgIpc) is 3.39. The molecule has 0 saturated carbocycles. The summed E-state index contributed by atoms with van der Waals surface area (Å²) in [7, 11) is -3.69. The number of piperazine rings is 1. The van der Waals surface area contributed by atoms with Crippen LogP contribution in [0.15, 0.2) is 52.2 Å². The Morgan fingerprint density at radius 2 is 1.78 bits per heavy atom. The number of benzene rings is 2. The van der Waals surface area contributed by atoms with Crippen molar-refractivity contribution in [3.8, 4) is 11.4 Å². The number of anilines is 1. The Kier molecular flexibility index (Phi) is 6.85. The van der Waals surface area contributed by atoms with E-state index in [1.165, 1.54) is 22.5 Å². The predicted molar refractivity (Wildman–Crippen MR) is 164 cm³/mol. The molecule has 0 radical (unpaired) electrons. The number of nitrogens with zero attached hydrogens (tertiary/aromatic N) is 4. The van der Waals surface area contributed by atoms with E-state index in [9.17, 15) is 27.5 Å². The summed E-state index contributed by atoms with van der Waals surface area (Å²) in [6.45, 7) is 5.19. The highest BCUT2D eigenvalue weighted by Gasteiger charge is 2.45. The number of carbonyl (C=O) groups excluding carboxylic acids is 1. The average molecular weight is 634 g/mol. The number of esters is 1. The first-order valence-electron chi connectivity index (χ1n) is 14.8. The summed E-state index contributed by atoms with van der Waals surface area (Å²) < 4.78 is 49.6. The maximum Gasteiger partial charge on any atom is 0.343 e. The lowest BCUT2D eigenvalue weighted by atomic mass is 9.86. The van der Waals surface area contributed by atoms with Crippen LogP contribution in [0.4, 0.5) is 10.1 Å². The number of nitrogens with two attached hydrogens (primary N) is 1. The van der Waals surface area contributed by atoms with Gasteiger partial charge in [-0.3, -0.25) is 9.69 Å². The zero-order valence-electron chi connectivity index (χ0n) is 24.8. The van der Waals surface area contributed by atoms with Gasteiger partial charge in [0.15, 0.2) is 5.60 Å². The number of rotatable bonds is 5. The van der Waals surface area contributed by atoms with Crippen LogP contribution in [0.2, 0.25) is 0 Å². The Morgan fingerprint density at radius 1 is 1.07 bits per heavy atom. The summed E-state index contributed by atoms with van der Waals surface area (Å²) in [4.78, 5) is 33.5. The van der Waals surface area contributed by atoms with Gasteiger partial charge >= 0.3 is 5.97 Å². The Bertz CT molecular complexity index is 2070. The van der Waals surface area contributed by atoms with Crippen LogP contribution in [-0.2, 0) is 44.9 Å². The largest absolute Gasteiger partial charge is 0.458 e. The van der Waals surface area contributed by atoms with E-state index in [2.05, 4.69) is 4.90 Å². The number of aryl methyl sites for hydroxylation is 1. The van der Waals surface area contributed by atoms with Crippen LogP contribution in [0.5, 0.6) is 0 Å². The van der Waals surface area contributed by atoms with Gasteiger partial charge in [-0.05, 0) is 60.9 Å². The first-order valence-corrected chi connectivity index (χ1v) is 16.2. The molecular formula is C32H32FN5O6S. The van der Waals surface area contributed by atoms with Crippen molar-refractivity contribution in [1.82, 2.24) is 18.8 Å². The van der Waals surface area contributed by atoms with Crippen molar-refractivity contribution in [3.05, 3.63) is 86.5 Å². The Labute approximate surface area is 258 Å². The summed E-state index contributed by atoms with van der Waals surface area (Å²) >= 11 is 0. The summed E-state index contributed by atoms with van der Waals surface area (Å²) in [5, 5.41) is 12.0. The first kappa shape index (κ1) is 29.5. The lowest BCUT2D eigenvalue weighted by molar-refractivity contribution is -0.172. The maximum absolute atomic E-state index is 14.8.